The van der Waals surface area contributed by atoms with Crippen LogP contribution in [0.5, 0.6) is 5.75 Å². The van der Waals surface area contributed by atoms with Gasteiger partial charge in [0.05, 0.1) is 11.8 Å². The molecule has 1 aromatic heterocycles. The van der Waals surface area contributed by atoms with Crippen LogP contribution in [0.2, 0.25) is 0 Å². The summed E-state index contributed by atoms with van der Waals surface area (Å²) in [6, 6.07) is 3.65. The van der Waals surface area contributed by atoms with Crippen molar-refractivity contribution in [2.45, 2.75) is 39.0 Å². The molecule has 1 aliphatic rings. The SMILES string of the molecule is COc1cc(NC(=O)C2CCCCC2)cc2sc(NC(C)=O)nc12. The lowest BCUT2D eigenvalue weighted by Gasteiger charge is -2.20. The standard InChI is InChI=1S/C17H21N3O3S/c1-10(21)18-17-20-15-13(23-2)8-12(9-14(15)24-17)19-16(22)11-6-4-3-5-7-11/h8-9,11H,3-7H2,1-2H3,(H,19,22)(H,18,20,21). The van der Waals surface area contributed by atoms with E-state index in [1.807, 2.05) is 6.07 Å². The molecule has 0 saturated heterocycles. The van der Waals surface area contributed by atoms with Crippen molar-refractivity contribution >= 4 is 44.2 Å². The van der Waals surface area contributed by atoms with Crippen LogP contribution in [-0.4, -0.2) is 23.9 Å². The van der Waals surface area contributed by atoms with Gasteiger partial charge < -0.3 is 15.4 Å². The van der Waals surface area contributed by atoms with E-state index < -0.39 is 0 Å². The number of carbonyl (C=O) groups is 2. The molecule has 7 heteroatoms. The molecule has 0 unspecified atom stereocenters. The number of nitrogens with zero attached hydrogens (tertiary/aromatic N) is 1. The summed E-state index contributed by atoms with van der Waals surface area (Å²) in [5.74, 6) is 0.581. The van der Waals surface area contributed by atoms with Crippen LogP contribution in [0.15, 0.2) is 12.1 Å². The van der Waals surface area contributed by atoms with Crippen LogP contribution in [-0.2, 0) is 9.59 Å². The zero-order chi connectivity index (χ0) is 17.1. The van der Waals surface area contributed by atoms with Crippen molar-refractivity contribution in [3.63, 3.8) is 0 Å². The topological polar surface area (TPSA) is 80.3 Å². The minimum absolute atomic E-state index is 0.0719. The highest BCUT2D eigenvalue weighted by Crippen LogP contribution is 2.36. The maximum atomic E-state index is 12.4. The van der Waals surface area contributed by atoms with E-state index in [-0.39, 0.29) is 17.7 Å². The van der Waals surface area contributed by atoms with Gasteiger partial charge in [-0.3, -0.25) is 9.59 Å². The average molecular weight is 347 g/mol. The number of thiazole rings is 1. The van der Waals surface area contributed by atoms with Gasteiger partial charge in [0.25, 0.3) is 0 Å². The van der Waals surface area contributed by atoms with Gasteiger partial charge >= 0.3 is 0 Å². The second kappa shape index (κ2) is 7.17. The molecule has 0 spiro atoms. The molecule has 0 atom stereocenters. The Morgan fingerprint density at radius 1 is 1.21 bits per heavy atom. The highest BCUT2D eigenvalue weighted by atomic mass is 32.1. The van der Waals surface area contributed by atoms with Gasteiger partial charge in [-0.15, -0.1) is 0 Å². The first kappa shape index (κ1) is 16.7. The number of hydrogen-bond acceptors (Lipinski definition) is 5. The quantitative estimate of drug-likeness (QED) is 0.882. The monoisotopic (exact) mass is 347 g/mol. The van der Waals surface area contributed by atoms with E-state index in [0.29, 0.717) is 22.1 Å². The smallest absolute Gasteiger partial charge is 0.227 e. The normalized spacial score (nSPS) is 15.2. The Hall–Kier alpha value is -2.15. The van der Waals surface area contributed by atoms with Gasteiger partial charge in [0.1, 0.15) is 11.3 Å². The van der Waals surface area contributed by atoms with E-state index in [0.717, 1.165) is 30.4 Å². The third-order valence-corrected chi connectivity index (χ3v) is 5.12. The Bertz CT molecular complexity index is 766. The van der Waals surface area contributed by atoms with Crippen LogP contribution in [0.3, 0.4) is 0 Å². The highest BCUT2D eigenvalue weighted by molar-refractivity contribution is 7.22. The van der Waals surface area contributed by atoms with Gasteiger partial charge in [0.15, 0.2) is 5.13 Å². The molecule has 1 saturated carbocycles. The van der Waals surface area contributed by atoms with Crippen LogP contribution < -0.4 is 15.4 Å². The zero-order valence-corrected chi connectivity index (χ0v) is 14.7. The fourth-order valence-corrected chi connectivity index (χ4v) is 4.01. The number of rotatable bonds is 4. The molecule has 2 aromatic rings. The van der Waals surface area contributed by atoms with Crippen molar-refractivity contribution < 1.29 is 14.3 Å². The number of hydrogen-bond donors (Lipinski definition) is 2. The Balaban J connectivity index is 1.85. The Morgan fingerprint density at radius 2 is 1.96 bits per heavy atom. The average Bonchev–Trinajstić information content (AvgIpc) is 2.96. The molecule has 0 aliphatic heterocycles. The second-order valence-corrected chi connectivity index (χ2v) is 7.08. The molecule has 2 N–H and O–H groups in total. The highest BCUT2D eigenvalue weighted by Gasteiger charge is 2.22. The summed E-state index contributed by atoms with van der Waals surface area (Å²) >= 11 is 1.36. The first-order chi connectivity index (χ1) is 11.6. The van der Waals surface area contributed by atoms with E-state index in [4.69, 9.17) is 4.74 Å². The van der Waals surface area contributed by atoms with Crippen LogP contribution >= 0.6 is 11.3 Å². The van der Waals surface area contributed by atoms with E-state index in [2.05, 4.69) is 15.6 Å². The largest absolute Gasteiger partial charge is 0.494 e. The third kappa shape index (κ3) is 3.67. The summed E-state index contributed by atoms with van der Waals surface area (Å²) < 4.78 is 6.25. The maximum Gasteiger partial charge on any atom is 0.227 e. The van der Waals surface area contributed by atoms with Gasteiger partial charge in [0, 0.05) is 24.6 Å². The number of anilines is 2. The molecule has 1 aliphatic carbocycles. The number of methoxy groups -OCH3 is 1. The summed E-state index contributed by atoms with van der Waals surface area (Å²) in [5, 5.41) is 6.20. The lowest BCUT2D eigenvalue weighted by molar-refractivity contribution is -0.120. The van der Waals surface area contributed by atoms with Crippen LogP contribution in [0.4, 0.5) is 10.8 Å². The number of amides is 2. The van der Waals surface area contributed by atoms with Gasteiger partial charge in [-0.1, -0.05) is 30.6 Å². The van der Waals surface area contributed by atoms with Crippen LogP contribution in [0.25, 0.3) is 10.2 Å². The third-order valence-electron chi connectivity index (χ3n) is 4.21. The van der Waals surface area contributed by atoms with E-state index >= 15 is 0 Å². The summed E-state index contributed by atoms with van der Waals surface area (Å²) in [5.41, 5.74) is 1.38. The van der Waals surface area contributed by atoms with Crippen LogP contribution in [0.1, 0.15) is 39.0 Å². The lowest BCUT2D eigenvalue weighted by atomic mass is 9.88. The summed E-state index contributed by atoms with van der Waals surface area (Å²) in [6.45, 7) is 1.44. The first-order valence-electron chi connectivity index (χ1n) is 8.14. The number of benzene rings is 1. The molecular formula is C17H21N3O3S. The fourth-order valence-electron chi connectivity index (χ4n) is 3.04. The first-order valence-corrected chi connectivity index (χ1v) is 8.95. The number of ether oxygens (including phenoxy) is 1. The Kier molecular flexibility index (Phi) is 4.99. The number of carbonyl (C=O) groups excluding carboxylic acids is 2. The van der Waals surface area contributed by atoms with Crippen molar-refractivity contribution in [3.8, 4) is 5.75 Å². The van der Waals surface area contributed by atoms with E-state index in [9.17, 15) is 9.59 Å². The maximum absolute atomic E-state index is 12.4. The summed E-state index contributed by atoms with van der Waals surface area (Å²) in [6.07, 6.45) is 5.37. The lowest BCUT2D eigenvalue weighted by Crippen LogP contribution is -2.24. The summed E-state index contributed by atoms with van der Waals surface area (Å²) in [7, 11) is 1.57. The second-order valence-electron chi connectivity index (χ2n) is 6.05. The molecule has 2 amide bonds. The van der Waals surface area contributed by atoms with Gasteiger partial charge in [-0.2, -0.15) is 0 Å². The Labute approximate surface area is 144 Å². The van der Waals surface area contributed by atoms with E-state index in [1.54, 1.807) is 13.2 Å². The number of aromatic nitrogens is 1. The van der Waals surface area contributed by atoms with Crippen molar-refractivity contribution in [2.24, 2.45) is 5.92 Å². The molecule has 128 valence electrons. The molecule has 1 heterocycles. The van der Waals surface area contributed by atoms with Crippen molar-refractivity contribution in [1.29, 1.82) is 0 Å². The summed E-state index contributed by atoms with van der Waals surface area (Å²) in [4.78, 5) is 28.0. The van der Waals surface area contributed by atoms with Gasteiger partial charge in [-0.25, -0.2) is 4.98 Å². The van der Waals surface area contributed by atoms with Crippen LogP contribution in [0, 0.1) is 5.92 Å². The van der Waals surface area contributed by atoms with E-state index in [1.165, 1.54) is 24.7 Å². The van der Waals surface area contributed by atoms with Gasteiger partial charge in [-0.05, 0) is 18.9 Å². The molecule has 24 heavy (non-hydrogen) atoms. The molecule has 1 fully saturated rings. The molecule has 6 nitrogen and oxygen atoms in total. The predicted octanol–water partition coefficient (Wildman–Crippen LogP) is 3.78. The number of fused-ring (bicyclic) bond motifs is 1. The predicted molar refractivity (Wildman–Crippen MR) is 95.7 cm³/mol. The fraction of sp³-hybridized carbons (Fsp3) is 0.471. The Morgan fingerprint density at radius 3 is 2.62 bits per heavy atom. The molecule has 0 radical (unpaired) electrons. The van der Waals surface area contributed by atoms with Crippen molar-refractivity contribution in [1.82, 2.24) is 4.98 Å². The minimum Gasteiger partial charge on any atom is -0.494 e. The minimum atomic E-state index is -0.168. The molecule has 0 bridgehead atoms. The van der Waals surface area contributed by atoms with Gasteiger partial charge in [0.2, 0.25) is 11.8 Å². The van der Waals surface area contributed by atoms with Crippen molar-refractivity contribution in [3.05, 3.63) is 12.1 Å². The zero-order valence-electron chi connectivity index (χ0n) is 13.8. The van der Waals surface area contributed by atoms with Crippen molar-refractivity contribution in [2.75, 3.05) is 17.7 Å². The molecule has 1 aromatic carbocycles. The molecular weight excluding hydrogens is 326 g/mol. The molecule has 3 rings (SSSR count). The number of nitrogens with one attached hydrogen (secondary N) is 2.